The molecule has 1 fully saturated rings. The molecule has 0 amide bonds. The SMILES string of the molecule is CC1(C)CCC(c2ncc(CN)s2)C1. The molecule has 0 aliphatic heterocycles. The van der Waals surface area contributed by atoms with Gasteiger partial charge < -0.3 is 5.73 Å². The highest BCUT2D eigenvalue weighted by atomic mass is 32.1. The predicted octanol–water partition coefficient (Wildman–Crippen LogP) is 2.90. The zero-order chi connectivity index (χ0) is 10.2. The van der Waals surface area contributed by atoms with Gasteiger partial charge in [-0.15, -0.1) is 11.3 Å². The highest BCUT2D eigenvalue weighted by Crippen LogP contribution is 2.46. The second-order valence-electron chi connectivity index (χ2n) is 4.97. The highest BCUT2D eigenvalue weighted by Gasteiger charge is 2.33. The first-order valence-electron chi connectivity index (χ1n) is 5.25. The van der Waals surface area contributed by atoms with E-state index in [9.17, 15) is 0 Å². The van der Waals surface area contributed by atoms with Crippen molar-refractivity contribution in [1.29, 1.82) is 0 Å². The van der Waals surface area contributed by atoms with Crippen LogP contribution in [0.2, 0.25) is 0 Å². The molecule has 2 nitrogen and oxygen atoms in total. The highest BCUT2D eigenvalue weighted by molar-refractivity contribution is 7.11. The van der Waals surface area contributed by atoms with Gasteiger partial charge in [0, 0.05) is 23.5 Å². The zero-order valence-electron chi connectivity index (χ0n) is 8.92. The Bertz CT molecular complexity index is 317. The molecule has 78 valence electrons. The van der Waals surface area contributed by atoms with E-state index in [1.54, 1.807) is 11.3 Å². The van der Waals surface area contributed by atoms with Gasteiger partial charge in [-0.25, -0.2) is 4.98 Å². The predicted molar refractivity (Wildman–Crippen MR) is 60.4 cm³/mol. The van der Waals surface area contributed by atoms with Gasteiger partial charge >= 0.3 is 0 Å². The molecule has 1 aromatic rings. The number of nitrogens with zero attached hydrogens (tertiary/aromatic N) is 1. The Morgan fingerprint density at radius 2 is 2.43 bits per heavy atom. The number of hydrogen-bond donors (Lipinski definition) is 1. The van der Waals surface area contributed by atoms with Crippen LogP contribution in [-0.4, -0.2) is 4.98 Å². The lowest BCUT2D eigenvalue weighted by Crippen LogP contribution is -2.04. The van der Waals surface area contributed by atoms with Gasteiger partial charge in [0.15, 0.2) is 0 Å². The van der Waals surface area contributed by atoms with Crippen LogP contribution in [0.25, 0.3) is 0 Å². The second kappa shape index (κ2) is 3.63. The van der Waals surface area contributed by atoms with Crippen LogP contribution in [0, 0.1) is 5.41 Å². The lowest BCUT2D eigenvalue weighted by atomic mass is 9.91. The van der Waals surface area contributed by atoms with Crippen molar-refractivity contribution in [2.75, 3.05) is 0 Å². The van der Waals surface area contributed by atoms with Gasteiger partial charge in [0.2, 0.25) is 0 Å². The van der Waals surface area contributed by atoms with Gasteiger partial charge in [-0.1, -0.05) is 13.8 Å². The first kappa shape index (κ1) is 10.1. The lowest BCUT2D eigenvalue weighted by Gasteiger charge is -2.15. The van der Waals surface area contributed by atoms with E-state index < -0.39 is 0 Å². The van der Waals surface area contributed by atoms with Gasteiger partial charge in [0.1, 0.15) is 0 Å². The molecule has 2 N–H and O–H groups in total. The topological polar surface area (TPSA) is 38.9 Å². The van der Waals surface area contributed by atoms with Crippen molar-refractivity contribution in [3.63, 3.8) is 0 Å². The number of aromatic nitrogens is 1. The normalized spacial score (nSPS) is 25.5. The van der Waals surface area contributed by atoms with E-state index in [1.807, 2.05) is 6.20 Å². The monoisotopic (exact) mass is 210 g/mol. The fourth-order valence-corrected chi connectivity index (χ4v) is 3.18. The molecular formula is C11H18N2S. The van der Waals surface area contributed by atoms with Gasteiger partial charge in [0.25, 0.3) is 0 Å². The summed E-state index contributed by atoms with van der Waals surface area (Å²) in [5, 5.41) is 1.30. The molecule has 0 bridgehead atoms. The molecule has 2 rings (SSSR count). The van der Waals surface area contributed by atoms with Crippen LogP contribution in [0.3, 0.4) is 0 Å². The standard InChI is InChI=1S/C11H18N2S/c1-11(2)4-3-8(5-11)10-13-7-9(6-12)14-10/h7-8H,3-6,12H2,1-2H3. The van der Waals surface area contributed by atoms with E-state index >= 15 is 0 Å². The van der Waals surface area contributed by atoms with E-state index in [0.717, 1.165) is 0 Å². The van der Waals surface area contributed by atoms with E-state index in [4.69, 9.17) is 5.73 Å². The Labute approximate surface area is 89.5 Å². The average molecular weight is 210 g/mol. The van der Waals surface area contributed by atoms with Crippen molar-refractivity contribution in [3.05, 3.63) is 16.1 Å². The second-order valence-corrected chi connectivity index (χ2v) is 6.12. The Morgan fingerprint density at radius 1 is 1.64 bits per heavy atom. The molecule has 1 aromatic heterocycles. The molecule has 1 saturated carbocycles. The number of hydrogen-bond acceptors (Lipinski definition) is 3. The third-order valence-corrected chi connectivity index (χ3v) is 4.27. The van der Waals surface area contributed by atoms with Crippen molar-refractivity contribution in [2.45, 2.75) is 45.6 Å². The maximum absolute atomic E-state index is 5.59. The summed E-state index contributed by atoms with van der Waals surface area (Å²) >= 11 is 1.79. The van der Waals surface area contributed by atoms with Crippen LogP contribution < -0.4 is 5.73 Å². The van der Waals surface area contributed by atoms with Crippen molar-refractivity contribution in [1.82, 2.24) is 4.98 Å². The maximum Gasteiger partial charge on any atom is 0.0959 e. The minimum atomic E-state index is 0.513. The van der Waals surface area contributed by atoms with Crippen molar-refractivity contribution < 1.29 is 0 Å². The Morgan fingerprint density at radius 3 is 2.93 bits per heavy atom. The summed E-state index contributed by atoms with van der Waals surface area (Å²) in [5.74, 6) is 0.690. The first-order valence-corrected chi connectivity index (χ1v) is 6.07. The van der Waals surface area contributed by atoms with E-state index in [1.165, 1.54) is 29.1 Å². The molecular weight excluding hydrogens is 192 g/mol. The van der Waals surface area contributed by atoms with Gasteiger partial charge in [-0.3, -0.25) is 0 Å². The third-order valence-electron chi connectivity index (χ3n) is 3.09. The molecule has 1 aliphatic rings. The minimum absolute atomic E-state index is 0.513. The summed E-state index contributed by atoms with van der Waals surface area (Å²) in [4.78, 5) is 5.69. The van der Waals surface area contributed by atoms with Crippen molar-refractivity contribution in [2.24, 2.45) is 11.1 Å². The Balaban J connectivity index is 2.09. The van der Waals surface area contributed by atoms with Crippen LogP contribution in [0.5, 0.6) is 0 Å². The summed E-state index contributed by atoms with van der Waals surface area (Å²) in [6.45, 7) is 5.34. The van der Waals surface area contributed by atoms with Crippen LogP contribution in [-0.2, 0) is 6.54 Å². The molecule has 0 spiro atoms. The molecule has 3 heteroatoms. The quantitative estimate of drug-likeness (QED) is 0.815. The number of thiazole rings is 1. The molecule has 1 unspecified atom stereocenters. The molecule has 0 radical (unpaired) electrons. The summed E-state index contributed by atoms with van der Waals surface area (Å²) in [7, 11) is 0. The van der Waals surface area contributed by atoms with Crippen molar-refractivity contribution in [3.8, 4) is 0 Å². The number of rotatable bonds is 2. The molecule has 1 heterocycles. The Kier molecular flexibility index (Phi) is 2.62. The minimum Gasteiger partial charge on any atom is -0.326 e. The van der Waals surface area contributed by atoms with E-state index in [2.05, 4.69) is 18.8 Å². The van der Waals surface area contributed by atoms with E-state index in [-0.39, 0.29) is 0 Å². The first-order chi connectivity index (χ1) is 6.61. The average Bonchev–Trinajstić information content (AvgIpc) is 2.70. The van der Waals surface area contributed by atoms with Gasteiger partial charge in [-0.05, 0) is 24.7 Å². The molecule has 14 heavy (non-hydrogen) atoms. The summed E-state index contributed by atoms with van der Waals surface area (Å²) in [5.41, 5.74) is 6.10. The fourth-order valence-electron chi connectivity index (χ4n) is 2.25. The number of nitrogens with two attached hydrogens (primary N) is 1. The third kappa shape index (κ3) is 1.98. The van der Waals surface area contributed by atoms with Crippen molar-refractivity contribution >= 4 is 11.3 Å². The summed E-state index contributed by atoms with van der Waals surface area (Å²) in [6, 6.07) is 0. The van der Waals surface area contributed by atoms with Gasteiger partial charge in [-0.2, -0.15) is 0 Å². The van der Waals surface area contributed by atoms with Gasteiger partial charge in [0.05, 0.1) is 5.01 Å². The largest absolute Gasteiger partial charge is 0.326 e. The molecule has 1 atom stereocenters. The van der Waals surface area contributed by atoms with Crippen LogP contribution in [0.1, 0.15) is 48.9 Å². The molecule has 0 aromatic carbocycles. The maximum atomic E-state index is 5.59. The fraction of sp³-hybridized carbons (Fsp3) is 0.727. The van der Waals surface area contributed by atoms with E-state index in [0.29, 0.717) is 17.9 Å². The zero-order valence-corrected chi connectivity index (χ0v) is 9.73. The smallest absolute Gasteiger partial charge is 0.0959 e. The molecule has 1 aliphatic carbocycles. The summed E-state index contributed by atoms with van der Waals surface area (Å²) < 4.78 is 0. The Hall–Kier alpha value is -0.410. The van der Waals surface area contributed by atoms with Crippen LogP contribution in [0.15, 0.2) is 6.20 Å². The van der Waals surface area contributed by atoms with Crippen LogP contribution >= 0.6 is 11.3 Å². The summed E-state index contributed by atoms with van der Waals surface area (Å²) in [6.07, 6.45) is 5.84. The molecule has 0 saturated heterocycles. The lowest BCUT2D eigenvalue weighted by molar-refractivity contribution is 0.376. The van der Waals surface area contributed by atoms with Crippen LogP contribution in [0.4, 0.5) is 0 Å².